The summed E-state index contributed by atoms with van der Waals surface area (Å²) in [5.41, 5.74) is 1.56. The predicted octanol–water partition coefficient (Wildman–Crippen LogP) is 2.02. The van der Waals surface area contributed by atoms with Crippen LogP contribution in [0.1, 0.15) is 31.4 Å². The van der Waals surface area contributed by atoms with E-state index in [-0.39, 0.29) is 0 Å². The standard InChI is InChI=1S/C15H20N4/c16-11-14-15(5-4-7-17-14)19-10-6-13(12-19)18-8-2-1-3-9-18/h4-5,7,13H,1-3,6,8-10,12H2. The van der Waals surface area contributed by atoms with Gasteiger partial charge in [-0.1, -0.05) is 6.42 Å². The van der Waals surface area contributed by atoms with Crippen LogP contribution in [0, 0.1) is 11.3 Å². The SMILES string of the molecule is N#Cc1ncccc1N1CCC(N2CCCCC2)C1. The van der Waals surface area contributed by atoms with Crippen molar-refractivity contribution < 1.29 is 0 Å². The molecular weight excluding hydrogens is 236 g/mol. The lowest BCUT2D eigenvalue weighted by molar-refractivity contribution is 0.175. The highest BCUT2D eigenvalue weighted by atomic mass is 15.3. The Hall–Kier alpha value is -1.60. The van der Waals surface area contributed by atoms with Crippen molar-refractivity contribution in [2.24, 2.45) is 0 Å². The van der Waals surface area contributed by atoms with E-state index in [2.05, 4.69) is 20.9 Å². The fourth-order valence-corrected chi connectivity index (χ4v) is 3.28. The maximum absolute atomic E-state index is 9.14. The Morgan fingerprint density at radius 3 is 2.84 bits per heavy atom. The van der Waals surface area contributed by atoms with Gasteiger partial charge in [0.2, 0.25) is 0 Å². The summed E-state index contributed by atoms with van der Waals surface area (Å²) in [6.07, 6.45) is 6.97. The number of piperidine rings is 1. The average Bonchev–Trinajstić information content (AvgIpc) is 2.98. The Kier molecular flexibility index (Phi) is 3.65. The zero-order chi connectivity index (χ0) is 13.1. The van der Waals surface area contributed by atoms with Gasteiger partial charge in [0.05, 0.1) is 5.69 Å². The molecule has 2 saturated heterocycles. The average molecular weight is 256 g/mol. The molecule has 100 valence electrons. The third-order valence-electron chi connectivity index (χ3n) is 4.30. The molecule has 1 atom stereocenters. The van der Waals surface area contributed by atoms with Crippen molar-refractivity contribution in [3.05, 3.63) is 24.0 Å². The predicted molar refractivity (Wildman–Crippen MR) is 75.0 cm³/mol. The van der Waals surface area contributed by atoms with Crippen molar-refractivity contribution in [3.63, 3.8) is 0 Å². The Labute approximate surface area is 114 Å². The summed E-state index contributed by atoms with van der Waals surface area (Å²) in [6, 6.07) is 6.80. The molecular formula is C15H20N4. The summed E-state index contributed by atoms with van der Waals surface area (Å²) < 4.78 is 0. The smallest absolute Gasteiger partial charge is 0.163 e. The molecule has 4 nitrogen and oxygen atoms in total. The van der Waals surface area contributed by atoms with Crippen LogP contribution in [-0.4, -0.2) is 42.1 Å². The normalized spacial score (nSPS) is 24.4. The van der Waals surface area contributed by atoms with E-state index < -0.39 is 0 Å². The van der Waals surface area contributed by atoms with Crippen molar-refractivity contribution in [1.82, 2.24) is 9.88 Å². The zero-order valence-electron chi connectivity index (χ0n) is 11.3. The molecule has 0 spiro atoms. The van der Waals surface area contributed by atoms with E-state index >= 15 is 0 Å². The number of hydrogen-bond donors (Lipinski definition) is 0. The summed E-state index contributed by atoms with van der Waals surface area (Å²) in [5, 5.41) is 9.14. The number of hydrogen-bond acceptors (Lipinski definition) is 4. The second-order valence-corrected chi connectivity index (χ2v) is 5.47. The zero-order valence-corrected chi connectivity index (χ0v) is 11.3. The number of likely N-dealkylation sites (tertiary alicyclic amines) is 1. The van der Waals surface area contributed by atoms with Crippen molar-refractivity contribution in [2.45, 2.75) is 31.7 Å². The molecule has 0 saturated carbocycles. The number of aromatic nitrogens is 1. The fraction of sp³-hybridized carbons (Fsp3) is 0.600. The molecule has 2 fully saturated rings. The Bertz CT molecular complexity index is 473. The van der Waals surface area contributed by atoms with Crippen molar-refractivity contribution >= 4 is 5.69 Å². The van der Waals surface area contributed by atoms with Crippen LogP contribution in [0.4, 0.5) is 5.69 Å². The van der Waals surface area contributed by atoms with Gasteiger partial charge in [0, 0.05) is 25.3 Å². The molecule has 3 heterocycles. The molecule has 1 aromatic rings. The van der Waals surface area contributed by atoms with Crippen LogP contribution in [0.25, 0.3) is 0 Å². The molecule has 0 bridgehead atoms. The van der Waals surface area contributed by atoms with Gasteiger partial charge in [-0.25, -0.2) is 4.98 Å². The van der Waals surface area contributed by atoms with E-state index in [4.69, 9.17) is 5.26 Å². The van der Waals surface area contributed by atoms with Crippen molar-refractivity contribution in [1.29, 1.82) is 5.26 Å². The van der Waals surface area contributed by atoms with Gasteiger partial charge in [0.15, 0.2) is 5.69 Å². The Morgan fingerprint density at radius 2 is 2.05 bits per heavy atom. The molecule has 3 rings (SSSR count). The third kappa shape index (κ3) is 2.57. The molecule has 4 heteroatoms. The number of rotatable bonds is 2. The van der Waals surface area contributed by atoms with Crippen LogP contribution in [0.5, 0.6) is 0 Å². The number of nitrogens with zero attached hydrogens (tertiary/aromatic N) is 4. The van der Waals surface area contributed by atoms with Gasteiger partial charge in [0.25, 0.3) is 0 Å². The molecule has 1 unspecified atom stereocenters. The Morgan fingerprint density at radius 1 is 1.21 bits per heavy atom. The maximum atomic E-state index is 9.14. The first-order chi connectivity index (χ1) is 9.38. The van der Waals surface area contributed by atoms with E-state index in [0.717, 1.165) is 18.8 Å². The first-order valence-corrected chi connectivity index (χ1v) is 7.22. The number of anilines is 1. The number of pyridine rings is 1. The molecule has 0 aromatic carbocycles. The quantitative estimate of drug-likeness (QED) is 0.812. The largest absolute Gasteiger partial charge is 0.368 e. The van der Waals surface area contributed by atoms with Gasteiger partial charge in [0.1, 0.15) is 6.07 Å². The lowest BCUT2D eigenvalue weighted by atomic mass is 10.1. The fourth-order valence-electron chi connectivity index (χ4n) is 3.28. The van der Waals surface area contributed by atoms with Crippen LogP contribution in [0.15, 0.2) is 18.3 Å². The summed E-state index contributed by atoms with van der Waals surface area (Å²) in [5.74, 6) is 0. The monoisotopic (exact) mass is 256 g/mol. The summed E-state index contributed by atoms with van der Waals surface area (Å²) in [6.45, 7) is 4.58. The van der Waals surface area contributed by atoms with E-state index in [1.807, 2.05) is 12.1 Å². The highest BCUT2D eigenvalue weighted by molar-refractivity contribution is 5.56. The van der Waals surface area contributed by atoms with Gasteiger partial charge >= 0.3 is 0 Å². The third-order valence-corrected chi connectivity index (χ3v) is 4.30. The van der Waals surface area contributed by atoms with E-state index in [9.17, 15) is 0 Å². The van der Waals surface area contributed by atoms with E-state index in [0.29, 0.717) is 11.7 Å². The molecule has 2 aliphatic heterocycles. The Balaban J connectivity index is 1.70. The van der Waals surface area contributed by atoms with Gasteiger partial charge in [-0.15, -0.1) is 0 Å². The summed E-state index contributed by atoms with van der Waals surface area (Å²) in [4.78, 5) is 9.12. The minimum atomic E-state index is 0.557. The van der Waals surface area contributed by atoms with Gasteiger partial charge in [-0.2, -0.15) is 5.26 Å². The minimum absolute atomic E-state index is 0.557. The van der Waals surface area contributed by atoms with Gasteiger partial charge in [-0.05, 0) is 44.5 Å². The second kappa shape index (κ2) is 5.58. The van der Waals surface area contributed by atoms with Gasteiger partial charge < -0.3 is 4.90 Å². The molecule has 1 aromatic heterocycles. The van der Waals surface area contributed by atoms with Crippen molar-refractivity contribution in [3.8, 4) is 6.07 Å². The molecule has 0 radical (unpaired) electrons. The molecule has 19 heavy (non-hydrogen) atoms. The minimum Gasteiger partial charge on any atom is -0.368 e. The second-order valence-electron chi connectivity index (χ2n) is 5.47. The van der Waals surface area contributed by atoms with Crippen molar-refractivity contribution in [2.75, 3.05) is 31.1 Å². The van der Waals surface area contributed by atoms with Crippen LogP contribution in [-0.2, 0) is 0 Å². The van der Waals surface area contributed by atoms with E-state index in [1.165, 1.54) is 38.8 Å². The number of nitriles is 1. The highest BCUT2D eigenvalue weighted by Gasteiger charge is 2.29. The molecule has 2 aliphatic rings. The molecule has 0 N–H and O–H groups in total. The maximum Gasteiger partial charge on any atom is 0.163 e. The van der Waals surface area contributed by atoms with Crippen LogP contribution >= 0.6 is 0 Å². The van der Waals surface area contributed by atoms with Crippen LogP contribution in [0.2, 0.25) is 0 Å². The van der Waals surface area contributed by atoms with Crippen LogP contribution < -0.4 is 4.90 Å². The summed E-state index contributed by atoms with van der Waals surface area (Å²) >= 11 is 0. The van der Waals surface area contributed by atoms with Crippen LogP contribution in [0.3, 0.4) is 0 Å². The summed E-state index contributed by atoms with van der Waals surface area (Å²) in [7, 11) is 0. The first kappa shape index (κ1) is 12.4. The lowest BCUT2D eigenvalue weighted by Crippen LogP contribution is -2.40. The lowest BCUT2D eigenvalue weighted by Gasteiger charge is -2.32. The molecule has 0 amide bonds. The van der Waals surface area contributed by atoms with Gasteiger partial charge in [-0.3, -0.25) is 4.90 Å². The highest BCUT2D eigenvalue weighted by Crippen LogP contribution is 2.26. The first-order valence-electron chi connectivity index (χ1n) is 7.22. The molecule has 0 aliphatic carbocycles. The van der Waals surface area contributed by atoms with E-state index in [1.54, 1.807) is 6.20 Å². The topological polar surface area (TPSA) is 43.2 Å².